The zero-order valence-electron chi connectivity index (χ0n) is 22.3. The third-order valence-corrected chi connectivity index (χ3v) is 8.98. The molecule has 5 aromatic rings. The second kappa shape index (κ2) is 11.1. The minimum Gasteiger partial charge on any atom is -0.476 e. The summed E-state index contributed by atoms with van der Waals surface area (Å²) in [5, 5.41) is 21.1. The van der Waals surface area contributed by atoms with Crippen LogP contribution in [0.4, 0.5) is 13.2 Å². The van der Waals surface area contributed by atoms with E-state index in [1.807, 2.05) is 0 Å². The number of rotatable bonds is 9. The lowest BCUT2D eigenvalue weighted by Crippen LogP contribution is -2.12. The van der Waals surface area contributed by atoms with Gasteiger partial charge in [0, 0.05) is 28.5 Å². The molecule has 1 aliphatic carbocycles. The Morgan fingerprint density at radius 2 is 1.72 bits per heavy atom. The monoisotopic (exact) mass is 624 g/mol. The lowest BCUT2D eigenvalue weighted by Gasteiger charge is -2.12. The molecule has 2 aromatic heterocycles. The largest absolute Gasteiger partial charge is 0.476 e. The molecule has 2 heterocycles. The number of primary sulfonamides is 1. The third kappa shape index (κ3) is 5.96. The Morgan fingerprint density at radius 3 is 2.35 bits per heavy atom. The molecule has 0 unspecified atom stereocenters. The van der Waals surface area contributed by atoms with Gasteiger partial charge in [-0.3, -0.25) is 0 Å². The van der Waals surface area contributed by atoms with Crippen LogP contribution in [0.5, 0.6) is 0 Å². The van der Waals surface area contributed by atoms with Crippen molar-refractivity contribution in [3.63, 3.8) is 0 Å². The first-order valence-corrected chi connectivity index (χ1v) is 15.6. The van der Waals surface area contributed by atoms with Gasteiger partial charge in [-0.25, -0.2) is 41.2 Å². The summed E-state index contributed by atoms with van der Waals surface area (Å²) in [5.74, 6) is -2.66. The van der Waals surface area contributed by atoms with Crippen LogP contribution in [0.3, 0.4) is 0 Å². The summed E-state index contributed by atoms with van der Waals surface area (Å²) in [4.78, 5) is 15.5. The predicted octanol–water partition coefficient (Wildman–Crippen LogP) is 5.97. The SMILES string of the molecule is NS(=O)(=O)c1ccc(Cc2c(CC3CC3)nn(-c3nc(C(=O)O)cs3)c2-c2ccc(F)c(-c3ccc(F)cc3)c2)c(F)c1. The maximum Gasteiger partial charge on any atom is 0.355 e. The molecule has 13 heteroatoms. The highest BCUT2D eigenvalue weighted by molar-refractivity contribution is 7.89. The molecule has 0 saturated heterocycles. The van der Waals surface area contributed by atoms with Crippen LogP contribution in [0.1, 0.15) is 40.2 Å². The number of nitrogens with zero attached hydrogens (tertiary/aromatic N) is 3. The summed E-state index contributed by atoms with van der Waals surface area (Å²) in [7, 11) is -4.13. The second-order valence-electron chi connectivity index (χ2n) is 10.3. The van der Waals surface area contributed by atoms with Gasteiger partial charge in [0.15, 0.2) is 5.69 Å². The van der Waals surface area contributed by atoms with Crippen LogP contribution in [0, 0.1) is 23.4 Å². The number of hydrogen-bond acceptors (Lipinski definition) is 6. The molecule has 1 saturated carbocycles. The third-order valence-electron chi connectivity index (χ3n) is 7.25. The van der Waals surface area contributed by atoms with E-state index in [9.17, 15) is 22.7 Å². The number of aromatic carboxylic acids is 1. The Morgan fingerprint density at radius 1 is 1.00 bits per heavy atom. The van der Waals surface area contributed by atoms with Gasteiger partial charge in [-0.05, 0) is 78.8 Å². The average Bonchev–Trinajstić information content (AvgIpc) is 3.51. The number of nitrogens with two attached hydrogens (primary N) is 1. The molecule has 3 N–H and O–H groups in total. The molecule has 43 heavy (non-hydrogen) atoms. The molecular weight excluding hydrogens is 601 g/mol. The van der Waals surface area contributed by atoms with Gasteiger partial charge in [0.1, 0.15) is 17.5 Å². The van der Waals surface area contributed by atoms with Crippen LogP contribution in [-0.2, 0) is 22.9 Å². The Labute approximate surface area is 248 Å². The number of benzene rings is 3. The smallest absolute Gasteiger partial charge is 0.355 e. The first kappa shape index (κ1) is 28.8. The summed E-state index contributed by atoms with van der Waals surface area (Å²) in [6, 6.07) is 13.2. The van der Waals surface area contributed by atoms with E-state index in [0.29, 0.717) is 40.4 Å². The van der Waals surface area contributed by atoms with Crippen molar-refractivity contribution in [1.82, 2.24) is 14.8 Å². The van der Waals surface area contributed by atoms with Gasteiger partial charge in [-0.1, -0.05) is 18.2 Å². The fourth-order valence-corrected chi connectivity index (χ4v) is 6.18. The van der Waals surface area contributed by atoms with Crippen LogP contribution < -0.4 is 5.14 Å². The topological polar surface area (TPSA) is 128 Å². The van der Waals surface area contributed by atoms with Crippen molar-refractivity contribution in [1.29, 1.82) is 0 Å². The first-order valence-electron chi connectivity index (χ1n) is 13.1. The highest BCUT2D eigenvalue weighted by atomic mass is 32.2. The van der Waals surface area contributed by atoms with Crippen molar-refractivity contribution in [2.75, 3.05) is 0 Å². The molecule has 0 radical (unpaired) electrons. The molecule has 0 spiro atoms. The molecule has 3 aromatic carbocycles. The highest BCUT2D eigenvalue weighted by Crippen LogP contribution is 2.39. The van der Waals surface area contributed by atoms with Gasteiger partial charge in [0.05, 0.1) is 16.3 Å². The summed E-state index contributed by atoms with van der Waals surface area (Å²) in [6.07, 6.45) is 2.54. The standard InChI is InChI=1S/C30H23F3N4O4S2/c31-20-7-3-17(4-8-20)22-13-19(6-10-24(22)32)28-23(12-18-5-9-21(14-25(18)33)43(34,40)41)26(11-16-1-2-16)36-37(28)30-35-27(15-42-30)29(38)39/h3-10,13-16H,1-2,11-12H2,(H,38,39)(H2,34,40,41). The van der Waals surface area contributed by atoms with E-state index in [4.69, 9.17) is 10.2 Å². The number of thiazole rings is 1. The van der Waals surface area contributed by atoms with E-state index >= 15 is 8.78 Å². The second-order valence-corrected chi connectivity index (χ2v) is 12.7. The van der Waals surface area contributed by atoms with Gasteiger partial charge in [0.2, 0.25) is 15.2 Å². The fraction of sp³-hybridized carbons (Fsp3) is 0.167. The van der Waals surface area contributed by atoms with E-state index in [-0.39, 0.29) is 33.3 Å². The number of sulfonamides is 1. The normalized spacial score (nSPS) is 13.4. The maximum atomic E-state index is 15.3. The molecule has 1 fully saturated rings. The van der Waals surface area contributed by atoms with E-state index in [1.165, 1.54) is 58.6 Å². The van der Waals surface area contributed by atoms with Crippen LogP contribution in [0.25, 0.3) is 27.5 Å². The molecule has 8 nitrogen and oxygen atoms in total. The number of carbonyl (C=O) groups is 1. The van der Waals surface area contributed by atoms with Crippen molar-refractivity contribution in [3.8, 4) is 27.5 Å². The number of carboxylic acids is 1. The van der Waals surface area contributed by atoms with E-state index in [2.05, 4.69) is 4.98 Å². The van der Waals surface area contributed by atoms with Crippen molar-refractivity contribution >= 4 is 27.3 Å². The molecular formula is C30H23F3N4O4S2. The quantitative estimate of drug-likeness (QED) is 0.208. The van der Waals surface area contributed by atoms with E-state index < -0.39 is 33.4 Å². The van der Waals surface area contributed by atoms with Gasteiger partial charge in [-0.2, -0.15) is 5.10 Å². The summed E-state index contributed by atoms with van der Waals surface area (Å²) in [5.41, 5.74) is 2.77. The summed E-state index contributed by atoms with van der Waals surface area (Å²) < 4.78 is 69.1. The maximum absolute atomic E-state index is 15.3. The van der Waals surface area contributed by atoms with Crippen molar-refractivity contribution < 1.29 is 31.5 Å². The minimum atomic E-state index is -4.13. The zero-order chi connectivity index (χ0) is 30.5. The van der Waals surface area contributed by atoms with Crippen LogP contribution in [0.15, 0.2) is 70.9 Å². The molecule has 6 rings (SSSR count). The number of carboxylic acid groups (broad SMARTS) is 1. The van der Waals surface area contributed by atoms with Crippen LogP contribution in [0.2, 0.25) is 0 Å². The summed E-state index contributed by atoms with van der Waals surface area (Å²) >= 11 is 1.05. The molecule has 0 atom stereocenters. The molecule has 0 aliphatic heterocycles. The summed E-state index contributed by atoms with van der Waals surface area (Å²) in [6.45, 7) is 0. The van der Waals surface area contributed by atoms with E-state index in [1.54, 1.807) is 6.07 Å². The lowest BCUT2D eigenvalue weighted by molar-refractivity contribution is 0.0691. The van der Waals surface area contributed by atoms with Crippen molar-refractivity contribution in [2.24, 2.45) is 11.1 Å². The van der Waals surface area contributed by atoms with Crippen molar-refractivity contribution in [2.45, 2.75) is 30.6 Å². The van der Waals surface area contributed by atoms with Gasteiger partial charge in [0.25, 0.3) is 0 Å². The number of hydrogen-bond donors (Lipinski definition) is 2. The van der Waals surface area contributed by atoms with Gasteiger partial charge >= 0.3 is 5.97 Å². The fourth-order valence-electron chi connectivity index (χ4n) is 4.90. The minimum absolute atomic E-state index is 0.00542. The number of aromatic nitrogens is 3. The lowest BCUT2D eigenvalue weighted by atomic mass is 9.94. The zero-order valence-corrected chi connectivity index (χ0v) is 23.9. The Hall–Kier alpha value is -4.33. The Bertz CT molecular complexity index is 1990. The first-order chi connectivity index (χ1) is 20.5. The predicted molar refractivity (Wildman–Crippen MR) is 154 cm³/mol. The van der Waals surface area contributed by atoms with Crippen LogP contribution >= 0.6 is 11.3 Å². The van der Waals surface area contributed by atoms with Gasteiger partial charge < -0.3 is 5.11 Å². The molecule has 1 aliphatic rings. The number of halogens is 3. The van der Waals surface area contributed by atoms with E-state index in [0.717, 1.165) is 30.2 Å². The highest BCUT2D eigenvalue weighted by Gasteiger charge is 2.29. The van der Waals surface area contributed by atoms with Crippen molar-refractivity contribution in [3.05, 3.63) is 106 Å². The van der Waals surface area contributed by atoms with Crippen LogP contribution in [-0.4, -0.2) is 34.3 Å². The van der Waals surface area contributed by atoms with Gasteiger partial charge in [-0.15, -0.1) is 11.3 Å². The molecule has 0 bridgehead atoms. The Balaban J connectivity index is 1.56. The Kier molecular flexibility index (Phi) is 7.40. The molecule has 220 valence electrons. The average molecular weight is 625 g/mol. The molecule has 0 amide bonds.